The van der Waals surface area contributed by atoms with E-state index in [1.54, 1.807) is 7.11 Å². The maximum absolute atomic E-state index is 12.8. The summed E-state index contributed by atoms with van der Waals surface area (Å²) >= 11 is 0. The van der Waals surface area contributed by atoms with Gasteiger partial charge in [-0.3, -0.25) is 4.79 Å². The van der Waals surface area contributed by atoms with Crippen LogP contribution in [0.3, 0.4) is 0 Å². The van der Waals surface area contributed by atoms with Crippen molar-refractivity contribution in [1.29, 1.82) is 0 Å². The molecule has 0 spiro atoms. The third-order valence-electron chi connectivity index (χ3n) is 5.75. The number of hydrogen-bond acceptors (Lipinski definition) is 5. The summed E-state index contributed by atoms with van der Waals surface area (Å²) in [5, 5.41) is 7.91. The minimum atomic E-state index is 0.0816. The van der Waals surface area contributed by atoms with E-state index in [2.05, 4.69) is 15.4 Å². The number of fused-ring (bicyclic) bond motifs is 1. The van der Waals surface area contributed by atoms with Crippen molar-refractivity contribution >= 4 is 23.2 Å². The maximum atomic E-state index is 12.8. The summed E-state index contributed by atoms with van der Waals surface area (Å²) in [6.45, 7) is 1.66. The number of aromatic nitrogens is 3. The highest BCUT2D eigenvalue weighted by Gasteiger charge is 2.18. The molecule has 1 aliphatic rings. The van der Waals surface area contributed by atoms with E-state index < -0.39 is 0 Å². The summed E-state index contributed by atoms with van der Waals surface area (Å²) in [5.41, 5.74) is 4.15. The first kappa shape index (κ1) is 20.1. The SMILES string of the molecule is COc1ccc(-c2cccc3nc(Nc4cccc(C(=O)N5CCCCC5)c4)nn23)cc1. The Morgan fingerprint density at radius 3 is 2.53 bits per heavy atom. The largest absolute Gasteiger partial charge is 0.497 e. The zero-order valence-corrected chi connectivity index (χ0v) is 18.0. The van der Waals surface area contributed by atoms with Gasteiger partial charge >= 0.3 is 0 Å². The van der Waals surface area contributed by atoms with Crippen molar-refractivity contribution < 1.29 is 9.53 Å². The van der Waals surface area contributed by atoms with E-state index in [0.29, 0.717) is 11.5 Å². The molecule has 7 nitrogen and oxygen atoms in total. The number of methoxy groups -OCH3 is 1. The number of carbonyl (C=O) groups excluding carboxylic acids is 1. The first-order valence-corrected chi connectivity index (χ1v) is 10.9. The monoisotopic (exact) mass is 427 g/mol. The highest BCUT2D eigenvalue weighted by molar-refractivity contribution is 5.95. The van der Waals surface area contributed by atoms with E-state index >= 15 is 0 Å². The van der Waals surface area contributed by atoms with Gasteiger partial charge in [0.05, 0.1) is 12.8 Å². The number of rotatable bonds is 5. The summed E-state index contributed by atoms with van der Waals surface area (Å²) in [5.74, 6) is 1.37. The molecular formula is C25H25N5O2. The van der Waals surface area contributed by atoms with Crippen LogP contribution in [-0.2, 0) is 0 Å². The Hall–Kier alpha value is -3.87. The fourth-order valence-electron chi connectivity index (χ4n) is 4.08. The maximum Gasteiger partial charge on any atom is 0.253 e. The van der Waals surface area contributed by atoms with Gasteiger partial charge in [0.2, 0.25) is 5.95 Å². The van der Waals surface area contributed by atoms with Crippen LogP contribution in [0.2, 0.25) is 0 Å². The molecule has 0 radical (unpaired) electrons. The number of benzene rings is 2. The summed E-state index contributed by atoms with van der Waals surface area (Å²) in [6, 6.07) is 21.3. The Morgan fingerprint density at radius 1 is 0.969 bits per heavy atom. The molecular weight excluding hydrogens is 402 g/mol. The molecule has 2 aromatic heterocycles. The number of carbonyl (C=O) groups is 1. The number of nitrogens with one attached hydrogen (secondary N) is 1. The molecule has 2 aromatic carbocycles. The Balaban J connectivity index is 1.40. The quantitative estimate of drug-likeness (QED) is 0.497. The van der Waals surface area contributed by atoms with E-state index in [1.165, 1.54) is 6.42 Å². The lowest BCUT2D eigenvalue weighted by Crippen LogP contribution is -2.35. The van der Waals surface area contributed by atoms with Crippen molar-refractivity contribution in [2.24, 2.45) is 0 Å². The van der Waals surface area contributed by atoms with Gasteiger partial charge in [-0.1, -0.05) is 12.1 Å². The van der Waals surface area contributed by atoms with E-state index in [-0.39, 0.29) is 5.91 Å². The third-order valence-corrected chi connectivity index (χ3v) is 5.75. The number of anilines is 2. The lowest BCUT2D eigenvalue weighted by molar-refractivity contribution is 0.0724. The fraction of sp³-hybridized carbons (Fsp3) is 0.240. The molecule has 0 bridgehead atoms. The van der Waals surface area contributed by atoms with Crippen LogP contribution in [0.15, 0.2) is 66.7 Å². The van der Waals surface area contributed by atoms with Crippen LogP contribution in [-0.4, -0.2) is 45.6 Å². The smallest absolute Gasteiger partial charge is 0.253 e. The number of piperidine rings is 1. The molecule has 7 heteroatoms. The van der Waals surface area contributed by atoms with Gasteiger partial charge in [0.1, 0.15) is 5.75 Å². The van der Waals surface area contributed by atoms with Crippen LogP contribution < -0.4 is 10.1 Å². The Labute approximate surface area is 186 Å². The number of amides is 1. The van der Waals surface area contributed by atoms with Gasteiger partial charge in [0.15, 0.2) is 5.65 Å². The summed E-state index contributed by atoms with van der Waals surface area (Å²) in [7, 11) is 1.65. The van der Waals surface area contributed by atoms with Crippen molar-refractivity contribution in [3.8, 4) is 17.0 Å². The van der Waals surface area contributed by atoms with Gasteiger partial charge in [-0.2, -0.15) is 4.98 Å². The highest BCUT2D eigenvalue weighted by Crippen LogP contribution is 2.24. The number of pyridine rings is 1. The zero-order chi connectivity index (χ0) is 21.9. The molecule has 0 aliphatic carbocycles. The van der Waals surface area contributed by atoms with Crippen LogP contribution in [0.25, 0.3) is 16.9 Å². The molecule has 32 heavy (non-hydrogen) atoms. The summed E-state index contributed by atoms with van der Waals surface area (Å²) in [4.78, 5) is 19.4. The molecule has 0 saturated carbocycles. The summed E-state index contributed by atoms with van der Waals surface area (Å²) in [6.07, 6.45) is 3.35. The van der Waals surface area contributed by atoms with Gasteiger partial charge in [0, 0.05) is 29.9 Å². The van der Waals surface area contributed by atoms with E-state index in [4.69, 9.17) is 4.74 Å². The lowest BCUT2D eigenvalue weighted by Gasteiger charge is -2.26. The molecule has 0 atom stereocenters. The van der Waals surface area contributed by atoms with Crippen LogP contribution in [0.4, 0.5) is 11.6 Å². The Kier molecular flexibility index (Phi) is 5.46. The normalized spacial score (nSPS) is 13.8. The second kappa shape index (κ2) is 8.70. The molecule has 4 aromatic rings. The molecule has 5 rings (SSSR count). The predicted octanol–water partition coefficient (Wildman–Crippen LogP) is 4.77. The number of ether oxygens (including phenoxy) is 1. The van der Waals surface area contributed by atoms with E-state index in [1.807, 2.05) is 76.1 Å². The molecule has 1 amide bonds. The number of hydrogen-bond donors (Lipinski definition) is 1. The molecule has 1 aliphatic heterocycles. The standard InChI is InChI=1S/C25H25N5O2/c1-32-21-13-11-18(12-14-21)22-9-6-10-23-27-25(28-30(22)23)26-20-8-5-7-19(17-20)24(31)29-15-3-2-4-16-29/h5-14,17H,2-4,15-16H2,1H3,(H,26,28). The Bertz CT molecular complexity index is 1240. The molecule has 1 fully saturated rings. The predicted molar refractivity (Wildman–Crippen MR) is 124 cm³/mol. The lowest BCUT2D eigenvalue weighted by atomic mass is 10.1. The minimum Gasteiger partial charge on any atom is -0.497 e. The first-order chi connectivity index (χ1) is 15.7. The van der Waals surface area contributed by atoms with Crippen molar-refractivity contribution in [3.63, 3.8) is 0 Å². The number of likely N-dealkylation sites (tertiary alicyclic amines) is 1. The second-order valence-corrected chi connectivity index (χ2v) is 7.90. The molecule has 3 heterocycles. The van der Waals surface area contributed by atoms with Crippen molar-refractivity contribution in [1.82, 2.24) is 19.5 Å². The molecule has 1 saturated heterocycles. The van der Waals surface area contributed by atoms with Gasteiger partial charge in [0.25, 0.3) is 5.91 Å². The minimum absolute atomic E-state index is 0.0816. The van der Waals surface area contributed by atoms with Crippen LogP contribution >= 0.6 is 0 Å². The zero-order valence-electron chi connectivity index (χ0n) is 18.0. The second-order valence-electron chi connectivity index (χ2n) is 7.90. The van der Waals surface area contributed by atoms with E-state index in [0.717, 1.165) is 54.3 Å². The summed E-state index contributed by atoms with van der Waals surface area (Å²) < 4.78 is 7.07. The van der Waals surface area contributed by atoms with Crippen molar-refractivity contribution in [3.05, 3.63) is 72.3 Å². The highest BCUT2D eigenvalue weighted by atomic mass is 16.5. The van der Waals surface area contributed by atoms with Gasteiger partial charge in [-0.15, -0.1) is 5.10 Å². The van der Waals surface area contributed by atoms with Crippen LogP contribution in [0, 0.1) is 0 Å². The average molecular weight is 428 g/mol. The van der Waals surface area contributed by atoms with Crippen LogP contribution in [0.5, 0.6) is 5.75 Å². The fourth-order valence-corrected chi connectivity index (χ4v) is 4.08. The first-order valence-electron chi connectivity index (χ1n) is 10.9. The molecule has 162 valence electrons. The number of nitrogens with zero attached hydrogens (tertiary/aromatic N) is 4. The van der Waals surface area contributed by atoms with E-state index in [9.17, 15) is 4.79 Å². The molecule has 1 N–H and O–H groups in total. The van der Waals surface area contributed by atoms with Crippen molar-refractivity contribution in [2.75, 3.05) is 25.5 Å². The Morgan fingerprint density at radius 2 is 1.75 bits per heavy atom. The van der Waals surface area contributed by atoms with Crippen molar-refractivity contribution in [2.45, 2.75) is 19.3 Å². The van der Waals surface area contributed by atoms with Gasteiger partial charge in [-0.05, 0) is 73.9 Å². The topological polar surface area (TPSA) is 71.8 Å². The molecule has 0 unspecified atom stereocenters. The van der Waals surface area contributed by atoms with Gasteiger partial charge in [-0.25, -0.2) is 4.52 Å². The van der Waals surface area contributed by atoms with Gasteiger partial charge < -0.3 is 15.0 Å². The average Bonchev–Trinajstić information content (AvgIpc) is 3.27. The third kappa shape index (κ3) is 4.01. The van der Waals surface area contributed by atoms with Crippen LogP contribution in [0.1, 0.15) is 29.6 Å².